The second kappa shape index (κ2) is 8.90. The summed E-state index contributed by atoms with van der Waals surface area (Å²) < 4.78 is 5.19. The molecule has 1 saturated heterocycles. The summed E-state index contributed by atoms with van der Waals surface area (Å²) in [6.45, 7) is 4.14. The highest BCUT2D eigenvalue weighted by Gasteiger charge is 2.22. The standard InChI is InChI=1S/C16H24N2O2.ClH/c1-12-8-9-17-11-15(12)18-16(19)7-6-13-4-3-5-14(10-13)20-2;/h3-5,10,12,15,17H,6-9,11H2,1-2H3,(H,18,19);1H. The van der Waals surface area contributed by atoms with Crippen molar-refractivity contribution in [3.05, 3.63) is 29.8 Å². The van der Waals surface area contributed by atoms with Gasteiger partial charge >= 0.3 is 0 Å². The predicted molar refractivity (Wildman–Crippen MR) is 87.1 cm³/mol. The van der Waals surface area contributed by atoms with Gasteiger partial charge in [-0.25, -0.2) is 0 Å². The average Bonchev–Trinajstić information content (AvgIpc) is 2.48. The van der Waals surface area contributed by atoms with Crippen LogP contribution in [0.4, 0.5) is 0 Å². The number of hydrogen-bond acceptors (Lipinski definition) is 3. The van der Waals surface area contributed by atoms with Crippen molar-refractivity contribution in [2.75, 3.05) is 20.2 Å². The first kappa shape index (κ1) is 17.8. The van der Waals surface area contributed by atoms with Gasteiger partial charge < -0.3 is 15.4 Å². The fourth-order valence-corrected chi connectivity index (χ4v) is 2.55. The van der Waals surface area contributed by atoms with E-state index in [4.69, 9.17) is 4.74 Å². The minimum Gasteiger partial charge on any atom is -0.497 e. The molecular formula is C16H25ClN2O2. The zero-order valence-electron chi connectivity index (χ0n) is 12.7. The number of nitrogens with one attached hydrogen (secondary N) is 2. The van der Waals surface area contributed by atoms with Crippen molar-refractivity contribution in [2.45, 2.75) is 32.2 Å². The summed E-state index contributed by atoms with van der Waals surface area (Å²) in [7, 11) is 1.66. The number of piperidine rings is 1. The molecule has 1 fully saturated rings. The zero-order chi connectivity index (χ0) is 14.4. The van der Waals surface area contributed by atoms with Crippen LogP contribution >= 0.6 is 12.4 Å². The third-order valence-electron chi connectivity index (χ3n) is 3.95. The lowest BCUT2D eigenvalue weighted by atomic mass is 9.94. The third-order valence-corrected chi connectivity index (χ3v) is 3.95. The van der Waals surface area contributed by atoms with Crippen molar-refractivity contribution < 1.29 is 9.53 Å². The highest BCUT2D eigenvalue weighted by molar-refractivity contribution is 5.85. The normalized spacial score (nSPS) is 21.2. The van der Waals surface area contributed by atoms with Crippen LogP contribution in [-0.2, 0) is 11.2 Å². The van der Waals surface area contributed by atoms with Crippen LogP contribution in [0.5, 0.6) is 5.75 Å². The van der Waals surface area contributed by atoms with Gasteiger partial charge in [-0.3, -0.25) is 4.79 Å². The number of aryl methyl sites for hydroxylation is 1. The average molecular weight is 313 g/mol. The van der Waals surface area contributed by atoms with Crippen LogP contribution in [0, 0.1) is 5.92 Å². The van der Waals surface area contributed by atoms with E-state index in [0.717, 1.165) is 37.2 Å². The number of benzene rings is 1. The number of amides is 1. The van der Waals surface area contributed by atoms with Gasteiger partial charge in [0.2, 0.25) is 5.91 Å². The summed E-state index contributed by atoms with van der Waals surface area (Å²) in [5, 5.41) is 6.46. The van der Waals surface area contributed by atoms with Crippen molar-refractivity contribution in [2.24, 2.45) is 5.92 Å². The number of hydrogen-bond donors (Lipinski definition) is 2. The first-order chi connectivity index (χ1) is 9.69. The first-order valence-electron chi connectivity index (χ1n) is 7.32. The van der Waals surface area contributed by atoms with Gasteiger partial charge in [0.1, 0.15) is 5.75 Å². The summed E-state index contributed by atoms with van der Waals surface area (Å²) >= 11 is 0. The van der Waals surface area contributed by atoms with Gasteiger partial charge in [0.25, 0.3) is 0 Å². The van der Waals surface area contributed by atoms with Crippen LogP contribution < -0.4 is 15.4 Å². The Hall–Kier alpha value is -1.26. The first-order valence-corrected chi connectivity index (χ1v) is 7.32. The maximum Gasteiger partial charge on any atom is 0.220 e. The molecule has 2 unspecified atom stereocenters. The molecule has 2 rings (SSSR count). The molecule has 0 spiro atoms. The molecular weight excluding hydrogens is 288 g/mol. The molecule has 0 radical (unpaired) electrons. The quantitative estimate of drug-likeness (QED) is 0.876. The lowest BCUT2D eigenvalue weighted by Gasteiger charge is -2.30. The summed E-state index contributed by atoms with van der Waals surface area (Å²) in [5.74, 6) is 1.53. The summed E-state index contributed by atoms with van der Waals surface area (Å²) in [6, 6.07) is 8.15. The summed E-state index contributed by atoms with van der Waals surface area (Å²) in [6.07, 6.45) is 2.40. The van der Waals surface area contributed by atoms with E-state index >= 15 is 0 Å². The molecule has 0 aliphatic carbocycles. The van der Waals surface area contributed by atoms with Crippen LogP contribution in [0.1, 0.15) is 25.3 Å². The largest absolute Gasteiger partial charge is 0.497 e. The number of carbonyl (C=O) groups excluding carboxylic acids is 1. The fourth-order valence-electron chi connectivity index (χ4n) is 2.55. The Morgan fingerprint density at radius 3 is 3.00 bits per heavy atom. The van der Waals surface area contributed by atoms with E-state index in [9.17, 15) is 4.79 Å². The van der Waals surface area contributed by atoms with Gasteiger partial charge in [0.15, 0.2) is 0 Å². The summed E-state index contributed by atoms with van der Waals surface area (Å²) in [5.41, 5.74) is 1.13. The van der Waals surface area contributed by atoms with Crippen LogP contribution in [0.2, 0.25) is 0 Å². The highest BCUT2D eigenvalue weighted by atomic mass is 35.5. The Balaban J connectivity index is 0.00000220. The highest BCUT2D eigenvalue weighted by Crippen LogP contribution is 2.14. The molecule has 1 heterocycles. The third kappa shape index (κ3) is 5.56. The van der Waals surface area contributed by atoms with E-state index in [2.05, 4.69) is 17.6 Å². The Morgan fingerprint density at radius 2 is 2.29 bits per heavy atom. The SMILES string of the molecule is COc1cccc(CCC(=O)NC2CNCCC2C)c1.Cl. The maximum atomic E-state index is 12.0. The monoisotopic (exact) mass is 312 g/mol. The van der Waals surface area contributed by atoms with Crippen molar-refractivity contribution in [1.82, 2.24) is 10.6 Å². The number of methoxy groups -OCH3 is 1. The van der Waals surface area contributed by atoms with Crippen LogP contribution in [0.25, 0.3) is 0 Å². The van der Waals surface area contributed by atoms with Crippen molar-refractivity contribution in [3.63, 3.8) is 0 Å². The molecule has 1 aliphatic heterocycles. The number of carbonyl (C=O) groups is 1. The number of rotatable bonds is 5. The molecule has 118 valence electrons. The minimum atomic E-state index is 0. The van der Waals surface area contributed by atoms with Gasteiger partial charge in [0, 0.05) is 19.0 Å². The molecule has 0 aromatic heterocycles. The molecule has 1 aromatic rings. The molecule has 1 amide bonds. The van der Waals surface area contributed by atoms with Crippen LogP contribution in [0.15, 0.2) is 24.3 Å². The molecule has 0 bridgehead atoms. The molecule has 2 N–H and O–H groups in total. The second-order valence-electron chi connectivity index (χ2n) is 5.50. The van der Waals surface area contributed by atoms with Gasteiger partial charge in [-0.15, -0.1) is 12.4 Å². The molecule has 1 aromatic carbocycles. The van der Waals surface area contributed by atoms with E-state index in [1.54, 1.807) is 7.11 Å². The zero-order valence-corrected chi connectivity index (χ0v) is 13.5. The molecule has 0 saturated carbocycles. The topological polar surface area (TPSA) is 50.4 Å². The lowest BCUT2D eigenvalue weighted by molar-refractivity contribution is -0.122. The van der Waals surface area contributed by atoms with Crippen molar-refractivity contribution >= 4 is 18.3 Å². The fraction of sp³-hybridized carbons (Fsp3) is 0.562. The van der Waals surface area contributed by atoms with E-state index in [0.29, 0.717) is 12.3 Å². The van der Waals surface area contributed by atoms with Crippen molar-refractivity contribution in [1.29, 1.82) is 0 Å². The smallest absolute Gasteiger partial charge is 0.220 e. The Kier molecular flexibility index (Phi) is 7.54. The van der Waals surface area contributed by atoms with Crippen LogP contribution in [0.3, 0.4) is 0 Å². The summed E-state index contributed by atoms with van der Waals surface area (Å²) in [4.78, 5) is 12.0. The Bertz CT molecular complexity index is 454. The predicted octanol–water partition coefficient (Wildman–Crippen LogP) is 2.16. The molecule has 21 heavy (non-hydrogen) atoms. The van der Waals surface area contributed by atoms with E-state index < -0.39 is 0 Å². The number of ether oxygens (including phenoxy) is 1. The van der Waals surface area contributed by atoms with Gasteiger partial charge in [-0.05, 0) is 43.0 Å². The van der Waals surface area contributed by atoms with Gasteiger partial charge in [0.05, 0.1) is 7.11 Å². The van der Waals surface area contributed by atoms with Gasteiger partial charge in [-0.1, -0.05) is 19.1 Å². The Labute approximate surface area is 133 Å². The van der Waals surface area contributed by atoms with Crippen LogP contribution in [-0.4, -0.2) is 32.1 Å². The van der Waals surface area contributed by atoms with E-state index in [1.807, 2.05) is 24.3 Å². The maximum absolute atomic E-state index is 12.0. The second-order valence-corrected chi connectivity index (χ2v) is 5.50. The van der Waals surface area contributed by atoms with Crippen molar-refractivity contribution in [3.8, 4) is 5.75 Å². The molecule has 4 nitrogen and oxygen atoms in total. The number of halogens is 1. The van der Waals surface area contributed by atoms with E-state index in [1.165, 1.54) is 0 Å². The Morgan fingerprint density at radius 1 is 1.48 bits per heavy atom. The molecule has 2 atom stereocenters. The van der Waals surface area contributed by atoms with Gasteiger partial charge in [-0.2, -0.15) is 0 Å². The lowest BCUT2D eigenvalue weighted by Crippen LogP contribution is -2.50. The minimum absolute atomic E-state index is 0. The molecule has 5 heteroatoms. The molecule has 1 aliphatic rings. The van der Waals surface area contributed by atoms with E-state index in [-0.39, 0.29) is 24.4 Å².